The van der Waals surface area contributed by atoms with E-state index in [4.69, 9.17) is 11.6 Å². The lowest BCUT2D eigenvalue weighted by molar-refractivity contribution is -0.384. The maximum absolute atomic E-state index is 12.3. The van der Waals surface area contributed by atoms with E-state index in [0.717, 1.165) is 18.7 Å². The van der Waals surface area contributed by atoms with Crippen LogP contribution < -0.4 is 5.43 Å². The highest BCUT2D eigenvalue weighted by atomic mass is 35.5. The average molecular weight is 474 g/mol. The fraction of sp³-hybridized carbons (Fsp3) is 0. The molecule has 0 bridgehead atoms. The van der Waals surface area contributed by atoms with E-state index in [1.807, 2.05) is 36.4 Å². The van der Waals surface area contributed by atoms with Crippen LogP contribution in [0.3, 0.4) is 0 Å². The number of nitrogens with zero attached hydrogens (tertiary/aromatic N) is 2. The molecular formula is C20H12ClN3O3S3. The van der Waals surface area contributed by atoms with Crippen molar-refractivity contribution in [3.05, 3.63) is 85.6 Å². The number of fused-ring (bicyclic) bond motifs is 1. The first-order chi connectivity index (χ1) is 14.5. The van der Waals surface area contributed by atoms with Gasteiger partial charge in [0.15, 0.2) is 0 Å². The Morgan fingerprint density at radius 2 is 1.90 bits per heavy atom. The predicted octanol–water partition coefficient (Wildman–Crippen LogP) is 6.44. The summed E-state index contributed by atoms with van der Waals surface area (Å²) in [5, 5.41) is 16.3. The van der Waals surface area contributed by atoms with Gasteiger partial charge in [0.05, 0.1) is 20.2 Å². The molecule has 2 heterocycles. The van der Waals surface area contributed by atoms with Crippen molar-refractivity contribution in [2.45, 2.75) is 9.10 Å². The molecule has 2 aromatic carbocycles. The minimum Gasteiger partial charge on any atom is -0.266 e. The zero-order chi connectivity index (χ0) is 21.1. The monoisotopic (exact) mass is 473 g/mol. The highest BCUT2D eigenvalue weighted by Crippen LogP contribution is 2.33. The first-order valence-corrected chi connectivity index (χ1v) is 11.4. The molecule has 30 heavy (non-hydrogen) atoms. The van der Waals surface area contributed by atoms with Crippen molar-refractivity contribution in [2.24, 2.45) is 5.10 Å². The van der Waals surface area contributed by atoms with Crippen LogP contribution >= 0.6 is 46.0 Å². The molecule has 0 saturated carbocycles. The summed E-state index contributed by atoms with van der Waals surface area (Å²) in [6, 6.07) is 17.7. The van der Waals surface area contributed by atoms with E-state index in [2.05, 4.69) is 10.5 Å². The number of non-ortho nitro benzene ring substituents is 1. The zero-order valence-corrected chi connectivity index (χ0v) is 18.3. The molecule has 4 aromatic rings. The summed E-state index contributed by atoms with van der Waals surface area (Å²) in [6.45, 7) is 0. The molecule has 0 radical (unpaired) electrons. The van der Waals surface area contributed by atoms with Crippen LogP contribution in [0, 0.1) is 10.1 Å². The molecule has 1 N–H and O–H groups in total. The van der Waals surface area contributed by atoms with Crippen molar-refractivity contribution in [2.75, 3.05) is 0 Å². The second kappa shape index (κ2) is 8.97. The summed E-state index contributed by atoms with van der Waals surface area (Å²) in [4.78, 5) is 25.2. The van der Waals surface area contributed by atoms with Gasteiger partial charge in [-0.1, -0.05) is 23.4 Å². The maximum atomic E-state index is 12.3. The van der Waals surface area contributed by atoms with Crippen LogP contribution in [-0.2, 0) is 0 Å². The third kappa shape index (κ3) is 4.88. The second-order valence-electron chi connectivity index (χ2n) is 6.00. The predicted molar refractivity (Wildman–Crippen MR) is 123 cm³/mol. The highest BCUT2D eigenvalue weighted by molar-refractivity contribution is 8.01. The van der Waals surface area contributed by atoms with E-state index in [-0.39, 0.29) is 11.6 Å². The third-order valence-corrected chi connectivity index (χ3v) is 7.45. The largest absolute Gasteiger partial charge is 0.281 e. The fourth-order valence-corrected chi connectivity index (χ4v) is 5.60. The molecule has 4 rings (SSSR count). The standard InChI is InChI=1S/C20H12ClN3O3S3/c21-13-1-4-15(5-2-13)28-19-8-6-16(29-19)11-22-23-20(25)18-10-12-9-14(24(26)27)3-7-17(12)30-18/h1-11H,(H,23,25)/b22-11-. The Morgan fingerprint density at radius 3 is 2.67 bits per heavy atom. The summed E-state index contributed by atoms with van der Waals surface area (Å²) >= 11 is 10.3. The first-order valence-electron chi connectivity index (χ1n) is 8.52. The summed E-state index contributed by atoms with van der Waals surface area (Å²) < 4.78 is 1.90. The molecule has 0 unspecified atom stereocenters. The molecule has 150 valence electrons. The molecule has 0 fully saturated rings. The molecule has 0 saturated heterocycles. The average Bonchev–Trinajstić information content (AvgIpc) is 3.35. The lowest BCUT2D eigenvalue weighted by Crippen LogP contribution is -2.15. The lowest BCUT2D eigenvalue weighted by Gasteiger charge is -1.97. The lowest BCUT2D eigenvalue weighted by atomic mass is 10.2. The normalized spacial score (nSPS) is 11.2. The number of nitro benzene ring substituents is 1. The number of hydrazone groups is 1. The van der Waals surface area contributed by atoms with Crippen molar-refractivity contribution in [1.82, 2.24) is 5.43 Å². The Balaban J connectivity index is 1.39. The van der Waals surface area contributed by atoms with Gasteiger partial charge in [0.2, 0.25) is 0 Å². The molecule has 0 aliphatic carbocycles. The number of nitro groups is 1. The number of nitrogens with one attached hydrogen (secondary N) is 1. The SMILES string of the molecule is O=C(N/N=C\c1ccc(Sc2ccc(Cl)cc2)s1)c1cc2cc([N+](=O)[O-])ccc2s1. The molecule has 0 aliphatic rings. The van der Waals surface area contributed by atoms with Gasteiger partial charge in [-0.3, -0.25) is 14.9 Å². The van der Waals surface area contributed by atoms with Crippen LogP contribution in [0.25, 0.3) is 10.1 Å². The Kier molecular flexibility index (Phi) is 6.14. The zero-order valence-electron chi connectivity index (χ0n) is 15.1. The van der Waals surface area contributed by atoms with Crippen LogP contribution in [0.4, 0.5) is 5.69 Å². The van der Waals surface area contributed by atoms with E-state index >= 15 is 0 Å². The van der Waals surface area contributed by atoms with Gasteiger partial charge in [-0.25, -0.2) is 5.43 Å². The Morgan fingerprint density at radius 1 is 1.10 bits per heavy atom. The number of rotatable bonds is 6. The van der Waals surface area contributed by atoms with E-state index in [0.29, 0.717) is 15.3 Å². The van der Waals surface area contributed by atoms with Crippen LogP contribution in [0.1, 0.15) is 14.5 Å². The summed E-state index contributed by atoms with van der Waals surface area (Å²) in [6.07, 6.45) is 1.59. The Hall–Kier alpha value is -2.72. The minimum absolute atomic E-state index is 0.00440. The topological polar surface area (TPSA) is 84.6 Å². The van der Waals surface area contributed by atoms with Crippen LogP contribution in [0.2, 0.25) is 5.02 Å². The molecule has 2 aromatic heterocycles. The number of hydrogen-bond donors (Lipinski definition) is 1. The van der Waals surface area contributed by atoms with Crippen LogP contribution in [-0.4, -0.2) is 17.0 Å². The van der Waals surface area contributed by atoms with Crippen LogP contribution in [0.15, 0.2) is 74.9 Å². The van der Waals surface area contributed by atoms with Gasteiger partial charge in [0, 0.05) is 37.0 Å². The number of hydrogen-bond acceptors (Lipinski definition) is 7. The van der Waals surface area contributed by atoms with Gasteiger partial charge >= 0.3 is 0 Å². The first kappa shape index (κ1) is 20.5. The summed E-state index contributed by atoms with van der Waals surface area (Å²) in [5.41, 5.74) is 2.50. The number of benzene rings is 2. The smallest absolute Gasteiger partial charge is 0.266 e. The maximum Gasteiger partial charge on any atom is 0.281 e. The molecule has 1 amide bonds. The molecule has 0 atom stereocenters. The molecular weight excluding hydrogens is 462 g/mol. The highest BCUT2D eigenvalue weighted by Gasteiger charge is 2.13. The Labute approximate surface area is 188 Å². The van der Waals surface area contributed by atoms with Crippen molar-refractivity contribution in [1.29, 1.82) is 0 Å². The summed E-state index contributed by atoms with van der Waals surface area (Å²) in [5.74, 6) is -0.359. The number of carbonyl (C=O) groups is 1. The second-order valence-corrected chi connectivity index (χ2v) is 10.0. The number of halogens is 1. The minimum atomic E-state index is -0.457. The van der Waals surface area contributed by atoms with E-state index in [1.54, 1.807) is 41.4 Å². The molecule has 0 aliphatic heterocycles. The number of amides is 1. The van der Waals surface area contributed by atoms with Crippen molar-refractivity contribution in [3.8, 4) is 0 Å². The quantitative estimate of drug-likeness (QED) is 0.198. The van der Waals surface area contributed by atoms with Gasteiger partial charge in [-0.15, -0.1) is 22.7 Å². The van der Waals surface area contributed by atoms with E-state index in [1.165, 1.54) is 23.5 Å². The van der Waals surface area contributed by atoms with Gasteiger partial charge in [0.1, 0.15) is 0 Å². The number of thiophene rings is 2. The van der Waals surface area contributed by atoms with Crippen molar-refractivity contribution < 1.29 is 9.72 Å². The molecule has 6 nitrogen and oxygen atoms in total. The van der Waals surface area contributed by atoms with Crippen molar-refractivity contribution >= 4 is 73.9 Å². The van der Waals surface area contributed by atoms with Gasteiger partial charge in [-0.05, 0) is 48.5 Å². The van der Waals surface area contributed by atoms with Crippen molar-refractivity contribution in [3.63, 3.8) is 0 Å². The molecule has 0 spiro atoms. The van der Waals surface area contributed by atoms with E-state index in [9.17, 15) is 14.9 Å². The fourth-order valence-electron chi connectivity index (χ4n) is 2.54. The number of carbonyl (C=O) groups excluding carboxylic acids is 1. The van der Waals surface area contributed by atoms with Gasteiger partial charge in [-0.2, -0.15) is 5.10 Å². The molecule has 10 heteroatoms. The third-order valence-electron chi connectivity index (χ3n) is 3.93. The van der Waals surface area contributed by atoms with Crippen LogP contribution in [0.5, 0.6) is 0 Å². The van der Waals surface area contributed by atoms with Gasteiger partial charge in [0.25, 0.3) is 11.6 Å². The Bertz CT molecular complexity index is 1270. The summed E-state index contributed by atoms with van der Waals surface area (Å²) in [7, 11) is 0. The van der Waals surface area contributed by atoms with E-state index < -0.39 is 4.92 Å². The van der Waals surface area contributed by atoms with Gasteiger partial charge < -0.3 is 0 Å².